The van der Waals surface area contributed by atoms with E-state index in [0.717, 1.165) is 5.69 Å². The summed E-state index contributed by atoms with van der Waals surface area (Å²) in [4.78, 5) is 15.7. The van der Waals surface area contributed by atoms with Gasteiger partial charge in [0.2, 0.25) is 5.91 Å². The Morgan fingerprint density at radius 1 is 1.42 bits per heavy atom. The number of halogens is 3. The van der Waals surface area contributed by atoms with E-state index in [0.29, 0.717) is 12.1 Å². The first-order valence-electron chi connectivity index (χ1n) is 6.11. The Morgan fingerprint density at radius 2 is 2.11 bits per heavy atom. The molecule has 1 atom stereocenters. The molecule has 0 bridgehead atoms. The number of carbonyl (C=O) groups is 1. The van der Waals surface area contributed by atoms with Gasteiger partial charge in [-0.25, -0.2) is 0 Å². The highest BCUT2D eigenvalue weighted by Gasteiger charge is 2.28. The second kappa shape index (κ2) is 6.54. The lowest BCUT2D eigenvalue weighted by atomic mass is 10.1. The van der Waals surface area contributed by atoms with E-state index in [-0.39, 0.29) is 6.04 Å². The van der Waals surface area contributed by atoms with E-state index in [9.17, 15) is 18.0 Å². The Balaban J connectivity index is 2.60. The highest BCUT2D eigenvalue weighted by Crippen LogP contribution is 2.22. The minimum absolute atomic E-state index is 0.347. The molecule has 3 nitrogen and oxygen atoms in total. The summed E-state index contributed by atoms with van der Waals surface area (Å²) in [5.74, 6) is -0.604. The molecule has 0 aromatic carbocycles. The molecule has 106 valence electrons. The highest BCUT2D eigenvalue weighted by molar-refractivity contribution is 5.76. The largest absolute Gasteiger partial charge is 0.389 e. The standard InChI is InChI=1S/C13H17F3N2O/c1-3-10(11-6-4-5-9(2)17-11)18-12(19)7-8-13(14,15)16/h4-6,10H,3,7-8H2,1-2H3,(H,18,19). The van der Waals surface area contributed by atoms with Gasteiger partial charge in [-0.1, -0.05) is 13.0 Å². The van der Waals surface area contributed by atoms with Crippen molar-refractivity contribution >= 4 is 5.91 Å². The Hall–Kier alpha value is -1.59. The minimum Gasteiger partial charge on any atom is -0.348 e. The number of carbonyl (C=O) groups excluding carboxylic acids is 1. The number of hydrogen-bond donors (Lipinski definition) is 1. The van der Waals surface area contributed by atoms with Crippen molar-refractivity contribution in [1.82, 2.24) is 10.3 Å². The molecule has 0 saturated heterocycles. The monoisotopic (exact) mass is 274 g/mol. The number of amides is 1. The zero-order valence-electron chi connectivity index (χ0n) is 10.9. The van der Waals surface area contributed by atoms with Crippen molar-refractivity contribution in [2.75, 3.05) is 0 Å². The number of pyridine rings is 1. The van der Waals surface area contributed by atoms with E-state index in [4.69, 9.17) is 0 Å². The van der Waals surface area contributed by atoms with Crippen LogP contribution in [-0.2, 0) is 4.79 Å². The number of aromatic nitrogens is 1. The molecule has 0 aliphatic rings. The fourth-order valence-electron chi connectivity index (χ4n) is 1.67. The summed E-state index contributed by atoms with van der Waals surface area (Å²) in [7, 11) is 0. The maximum absolute atomic E-state index is 12.0. The molecule has 19 heavy (non-hydrogen) atoms. The number of rotatable bonds is 5. The number of nitrogens with one attached hydrogen (secondary N) is 1. The Morgan fingerprint density at radius 3 is 2.63 bits per heavy atom. The third kappa shape index (κ3) is 5.72. The first kappa shape index (κ1) is 15.5. The third-order valence-corrected chi connectivity index (χ3v) is 2.65. The summed E-state index contributed by atoms with van der Waals surface area (Å²) in [6, 6.07) is 5.04. The summed E-state index contributed by atoms with van der Waals surface area (Å²) in [6.07, 6.45) is -5.38. The number of aryl methyl sites for hydroxylation is 1. The van der Waals surface area contributed by atoms with Gasteiger partial charge in [0.25, 0.3) is 0 Å². The second-order valence-electron chi connectivity index (χ2n) is 4.35. The molecule has 0 saturated carbocycles. The molecule has 0 fully saturated rings. The molecule has 1 rings (SSSR count). The molecular weight excluding hydrogens is 257 g/mol. The maximum Gasteiger partial charge on any atom is 0.389 e. The topological polar surface area (TPSA) is 42.0 Å². The zero-order chi connectivity index (χ0) is 14.5. The lowest BCUT2D eigenvalue weighted by molar-refractivity contribution is -0.144. The SMILES string of the molecule is CCC(NC(=O)CCC(F)(F)F)c1cccc(C)n1. The highest BCUT2D eigenvalue weighted by atomic mass is 19.4. The molecule has 0 radical (unpaired) electrons. The van der Waals surface area contributed by atoms with Gasteiger partial charge in [-0.2, -0.15) is 13.2 Å². The lowest BCUT2D eigenvalue weighted by Crippen LogP contribution is -2.29. The van der Waals surface area contributed by atoms with Crippen LogP contribution < -0.4 is 5.32 Å². The predicted molar refractivity (Wildman–Crippen MR) is 65.4 cm³/mol. The molecule has 0 aliphatic heterocycles. The van der Waals surface area contributed by atoms with E-state index in [2.05, 4.69) is 10.3 Å². The van der Waals surface area contributed by atoms with Crippen molar-refractivity contribution < 1.29 is 18.0 Å². The fraction of sp³-hybridized carbons (Fsp3) is 0.538. The van der Waals surface area contributed by atoms with Gasteiger partial charge < -0.3 is 5.32 Å². The van der Waals surface area contributed by atoms with Gasteiger partial charge in [0, 0.05) is 12.1 Å². The molecule has 1 unspecified atom stereocenters. The third-order valence-electron chi connectivity index (χ3n) is 2.65. The molecule has 1 heterocycles. The van der Waals surface area contributed by atoms with Crippen LogP contribution in [0.4, 0.5) is 13.2 Å². The number of alkyl halides is 3. The van der Waals surface area contributed by atoms with E-state index in [1.807, 2.05) is 26.0 Å². The van der Waals surface area contributed by atoms with Gasteiger partial charge in [-0.05, 0) is 25.5 Å². The summed E-state index contributed by atoms with van der Waals surface area (Å²) < 4.78 is 36.1. The molecular formula is C13H17F3N2O. The summed E-state index contributed by atoms with van der Waals surface area (Å²) in [5, 5.41) is 2.58. The van der Waals surface area contributed by atoms with E-state index >= 15 is 0 Å². The fourth-order valence-corrected chi connectivity index (χ4v) is 1.67. The van der Waals surface area contributed by atoms with Crippen molar-refractivity contribution in [3.05, 3.63) is 29.6 Å². The van der Waals surface area contributed by atoms with Crippen molar-refractivity contribution in [2.45, 2.75) is 45.3 Å². The van der Waals surface area contributed by atoms with Crippen LogP contribution in [0.15, 0.2) is 18.2 Å². The van der Waals surface area contributed by atoms with Crippen LogP contribution >= 0.6 is 0 Å². The van der Waals surface area contributed by atoms with Crippen molar-refractivity contribution in [3.8, 4) is 0 Å². The quantitative estimate of drug-likeness (QED) is 0.895. The minimum atomic E-state index is -4.30. The van der Waals surface area contributed by atoms with Gasteiger partial charge >= 0.3 is 6.18 Å². The van der Waals surface area contributed by atoms with Crippen LogP contribution in [0.25, 0.3) is 0 Å². The molecule has 0 spiro atoms. The van der Waals surface area contributed by atoms with Gasteiger partial charge in [0.1, 0.15) is 0 Å². The van der Waals surface area contributed by atoms with Crippen LogP contribution in [-0.4, -0.2) is 17.1 Å². The van der Waals surface area contributed by atoms with Crippen LogP contribution in [0.5, 0.6) is 0 Å². The summed E-state index contributed by atoms with van der Waals surface area (Å²) >= 11 is 0. The molecule has 1 amide bonds. The first-order valence-corrected chi connectivity index (χ1v) is 6.11. The van der Waals surface area contributed by atoms with E-state index in [1.165, 1.54) is 0 Å². The van der Waals surface area contributed by atoms with Crippen LogP contribution in [0.1, 0.15) is 43.6 Å². The second-order valence-corrected chi connectivity index (χ2v) is 4.35. The zero-order valence-corrected chi connectivity index (χ0v) is 10.9. The summed E-state index contributed by atoms with van der Waals surface area (Å²) in [6.45, 7) is 3.67. The van der Waals surface area contributed by atoms with Gasteiger partial charge in [0.15, 0.2) is 0 Å². The summed E-state index contributed by atoms with van der Waals surface area (Å²) in [5.41, 5.74) is 1.48. The Bertz CT molecular complexity index is 432. The van der Waals surface area contributed by atoms with Crippen LogP contribution in [0.2, 0.25) is 0 Å². The molecule has 0 aliphatic carbocycles. The Kier molecular flexibility index (Phi) is 5.32. The lowest BCUT2D eigenvalue weighted by Gasteiger charge is -2.17. The van der Waals surface area contributed by atoms with Crippen molar-refractivity contribution in [1.29, 1.82) is 0 Å². The Labute approximate surface area is 110 Å². The van der Waals surface area contributed by atoms with E-state index in [1.54, 1.807) is 6.07 Å². The predicted octanol–water partition coefficient (Wildman–Crippen LogP) is 3.30. The van der Waals surface area contributed by atoms with Gasteiger partial charge in [-0.15, -0.1) is 0 Å². The number of hydrogen-bond acceptors (Lipinski definition) is 2. The van der Waals surface area contributed by atoms with Crippen LogP contribution in [0.3, 0.4) is 0 Å². The smallest absolute Gasteiger partial charge is 0.348 e. The van der Waals surface area contributed by atoms with Crippen LogP contribution in [0, 0.1) is 6.92 Å². The number of nitrogens with zero attached hydrogens (tertiary/aromatic N) is 1. The molecule has 1 aromatic heterocycles. The molecule has 1 N–H and O–H groups in total. The molecule has 6 heteroatoms. The van der Waals surface area contributed by atoms with Crippen molar-refractivity contribution in [3.63, 3.8) is 0 Å². The normalized spacial score (nSPS) is 13.1. The molecule has 1 aromatic rings. The maximum atomic E-state index is 12.0. The van der Waals surface area contributed by atoms with Gasteiger partial charge in [0.05, 0.1) is 18.2 Å². The van der Waals surface area contributed by atoms with Gasteiger partial charge in [-0.3, -0.25) is 9.78 Å². The average Bonchev–Trinajstić information content (AvgIpc) is 2.32. The van der Waals surface area contributed by atoms with E-state index < -0.39 is 24.9 Å². The first-order chi connectivity index (χ1) is 8.81. The average molecular weight is 274 g/mol. The van der Waals surface area contributed by atoms with Crippen molar-refractivity contribution in [2.24, 2.45) is 0 Å².